The molecule has 3 heteroatoms. The van der Waals surface area contributed by atoms with Crippen LogP contribution in [0.15, 0.2) is 36.5 Å². The van der Waals surface area contributed by atoms with Gasteiger partial charge in [0, 0.05) is 0 Å². The van der Waals surface area contributed by atoms with E-state index in [9.17, 15) is 4.79 Å². The number of esters is 1. The highest BCUT2D eigenvalue weighted by Crippen LogP contribution is 1.93. The second-order valence-electron chi connectivity index (χ2n) is 2.85. The number of ether oxygens (including phenoxy) is 1. The van der Waals surface area contributed by atoms with Crippen molar-refractivity contribution in [2.24, 2.45) is 0 Å². The molecular formula is C12H18O3. The van der Waals surface area contributed by atoms with Gasteiger partial charge >= 0.3 is 5.97 Å². The maximum absolute atomic E-state index is 10.7. The van der Waals surface area contributed by atoms with Gasteiger partial charge in [-0.1, -0.05) is 36.5 Å². The Morgan fingerprint density at radius 3 is 2.13 bits per heavy atom. The van der Waals surface area contributed by atoms with Gasteiger partial charge in [-0.05, 0) is 12.8 Å². The highest BCUT2D eigenvalue weighted by molar-refractivity contribution is 5.70. The predicted molar refractivity (Wildman–Crippen MR) is 60.4 cm³/mol. The fourth-order valence-electron chi connectivity index (χ4n) is 0.879. The van der Waals surface area contributed by atoms with Crippen molar-refractivity contribution < 1.29 is 14.6 Å². The van der Waals surface area contributed by atoms with Crippen LogP contribution in [0.1, 0.15) is 19.3 Å². The van der Waals surface area contributed by atoms with E-state index in [2.05, 4.69) is 4.74 Å². The van der Waals surface area contributed by atoms with E-state index in [1.807, 2.05) is 24.3 Å². The van der Waals surface area contributed by atoms with Crippen LogP contribution in [0.3, 0.4) is 0 Å². The average molecular weight is 210 g/mol. The van der Waals surface area contributed by atoms with Gasteiger partial charge in [0.2, 0.25) is 0 Å². The van der Waals surface area contributed by atoms with Crippen LogP contribution >= 0.6 is 0 Å². The molecule has 0 aliphatic rings. The van der Waals surface area contributed by atoms with E-state index in [4.69, 9.17) is 5.11 Å². The van der Waals surface area contributed by atoms with E-state index in [0.717, 1.165) is 12.8 Å². The zero-order valence-electron chi connectivity index (χ0n) is 9.06. The van der Waals surface area contributed by atoms with E-state index in [1.165, 1.54) is 7.11 Å². The SMILES string of the molecule is COC(=O)C/C=C\C/C=C\C/C=C\CO. The van der Waals surface area contributed by atoms with Gasteiger partial charge in [0.1, 0.15) is 0 Å². The first-order valence-corrected chi connectivity index (χ1v) is 4.94. The molecule has 0 aromatic rings. The Hall–Kier alpha value is -1.35. The average Bonchev–Trinajstić information content (AvgIpc) is 2.26. The van der Waals surface area contributed by atoms with Gasteiger partial charge < -0.3 is 9.84 Å². The Kier molecular flexibility index (Phi) is 9.76. The molecule has 3 nitrogen and oxygen atoms in total. The molecule has 0 aliphatic carbocycles. The third-order valence-corrected chi connectivity index (χ3v) is 1.66. The lowest BCUT2D eigenvalue weighted by Crippen LogP contribution is -1.96. The maximum Gasteiger partial charge on any atom is 0.309 e. The Labute approximate surface area is 90.8 Å². The molecule has 1 N–H and O–H groups in total. The third kappa shape index (κ3) is 10.6. The summed E-state index contributed by atoms with van der Waals surface area (Å²) < 4.78 is 4.48. The monoisotopic (exact) mass is 210 g/mol. The minimum Gasteiger partial charge on any atom is -0.469 e. The summed E-state index contributed by atoms with van der Waals surface area (Å²) in [6, 6.07) is 0. The maximum atomic E-state index is 10.7. The van der Waals surface area contributed by atoms with Crippen LogP contribution in [-0.4, -0.2) is 24.8 Å². The first kappa shape index (κ1) is 13.7. The number of allylic oxidation sites excluding steroid dienone is 4. The molecular weight excluding hydrogens is 192 g/mol. The Bertz CT molecular complexity index is 239. The topological polar surface area (TPSA) is 46.5 Å². The zero-order chi connectivity index (χ0) is 11.4. The van der Waals surface area contributed by atoms with E-state index >= 15 is 0 Å². The summed E-state index contributed by atoms with van der Waals surface area (Å²) in [4.78, 5) is 10.7. The summed E-state index contributed by atoms with van der Waals surface area (Å²) in [6.07, 6.45) is 13.3. The van der Waals surface area contributed by atoms with E-state index in [0.29, 0.717) is 6.42 Å². The first-order chi connectivity index (χ1) is 7.31. The number of hydrogen-bond acceptors (Lipinski definition) is 3. The number of hydrogen-bond donors (Lipinski definition) is 1. The molecule has 0 amide bonds. The van der Waals surface area contributed by atoms with E-state index in [1.54, 1.807) is 12.2 Å². The molecule has 0 radical (unpaired) electrons. The molecule has 0 bridgehead atoms. The summed E-state index contributed by atoms with van der Waals surface area (Å²) in [6.45, 7) is 0.0902. The Morgan fingerprint density at radius 1 is 1.07 bits per heavy atom. The van der Waals surface area contributed by atoms with Gasteiger partial charge in [0.25, 0.3) is 0 Å². The predicted octanol–water partition coefficient (Wildman–Crippen LogP) is 1.99. The summed E-state index contributed by atoms with van der Waals surface area (Å²) in [5.74, 6) is -0.221. The third-order valence-electron chi connectivity index (χ3n) is 1.66. The van der Waals surface area contributed by atoms with Crippen LogP contribution in [0.4, 0.5) is 0 Å². The van der Waals surface area contributed by atoms with Gasteiger partial charge in [0.05, 0.1) is 20.1 Å². The number of methoxy groups -OCH3 is 1. The number of aliphatic hydroxyl groups is 1. The molecule has 0 aromatic carbocycles. The summed E-state index contributed by atoms with van der Waals surface area (Å²) in [7, 11) is 1.38. The normalized spacial score (nSPS) is 11.9. The molecule has 0 saturated carbocycles. The lowest BCUT2D eigenvalue weighted by Gasteiger charge is -1.90. The van der Waals surface area contributed by atoms with Gasteiger partial charge in [-0.2, -0.15) is 0 Å². The van der Waals surface area contributed by atoms with Crippen molar-refractivity contribution in [3.8, 4) is 0 Å². The summed E-state index contributed by atoms with van der Waals surface area (Å²) in [5, 5.41) is 8.45. The van der Waals surface area contributed by atoms with Gasteiger partial charge in [0.15, 0.2) is 0 Å². The Morgan fingerprint density at radius 2 is 1.60 bits per heavy atom. The lowest BCUT2D eigenvalue weighted by atomic mass is 10.3. The lowest BCUT2D eigenvalue weighted by molar-refractivity contribution is -0.139. The summed E-state index contributed by atoms with van der Waals surface area (Å²) in [5.41, 5.74) is 0. The zero-order valence-corrected chi connectivity index (χ0v) is 9.06. The van der Waals surface area contributed by atoms with Crippen LogP contribution in [-0.2, 0) is 9.53 Å². The van der Waals surface area contributed by atoms with Crippen molar-refractivity contribution in [3.05, 3.63) is 36.5 Å². The molecule has 0 unspecified atom stereocenters. The standard InChI is InChI=1S/C12H18O3/c1-15-12(14)10-8-6-4-2-3-5-7-9-11-13/h2-3,6-9,13H,4-5,10-11H2,1H3/b3-2-,8-6-,9-7-. The molecule has 0 saturated heterocycles. The van der Waals surface area contributed by atoms with Crippen LogP contribution in [0, 0.1) is 0 Å². The van der Waals surface area contributed by atoms with Crippen molar-refractivity contribution in [1.82, 2.24) is 0 Å². The summed E-state index contributed by atoms with van der Waals surface area (Å²) >= 11 is 0. The highest BCUT2D eigenvalue weighted by Gasteiger charge is 1.91. The van der Waals surface area contributed by atoms with E-state index < -0.39 is 0 Å². The van der Waals surface area contributed by atoms with Crippen molar-refractivity contribution in [3.63, 3.8) is 0 Å². The molecule has 0 fully saturated rings. The van der Waals surface area contributed by atoms with Gasteiger partial charge in [-0.3, -0.25) is 4.79 Å². The van der Waals surface area contributed by atoms with E-state index in [-0.39, 0.29) is 12.6 Å². The number of carbonyl (C=O) groups excluding carboxylic acids is 1. The van der Waals surface area contributed by atoms with Crippen molar-refractivity contribution >= 4 is 5.97 Å². The molecule has 0 heterocycles. The second-order valence-corrected chi connectivity index (χ2v) is 2.85. The molecule has 0 rings (SSSR count). The molecule has 84 valence electrons. The quantitative estimate of drug-likeness (QED) is 0.516. The number of carbonyl (C=O) groups is 1. The molecule has 0 aliphatic heterocycles. The van der Waals surface area contributed by atoms with Crippen molar-refractivity contribution in [2.75, 3.05) is 13.7 Å². The first-order valence-electron chi connectivity index (χ1n) is 4.94. The Balaban J connectivity index is 3.44. The molecule has 0 spiro atoms. The van der Waals surface area contributed by atoms with Gasteiger partial charge in [-0.25, -0.2) is 0 Å². The van der Waals surface area contributed by atoms with Crippen LogP contribution < -0.4 is 0 Å². The fraction of sp³-hybridized carbons (Fsp3) is 0.417. The minimum absolute atomic E-state index is 0.0902. The van der Waals surface area contributed by atoms with Gasteiger partial charge in [-0.15, -0.1) is 0 Å². The van der Waals surface area contributed by atoms with Crippen molar-refractivity contribution in [2.45, 2.75) is 19.3 Å². The van der Waals surface area contributed by atoms with Crippen molar-refractivity contribution in [1.29, 1.82) is 0 Å². The largest absolute Gasteiger partial charge is 0.469 e. The van der Waals surface area contributed by atoms with Crippen LogP contribution in [0.5, 0.6) is 0 Å². The van der Waals surface area contributed by atoms with Crippen LogP contribution in [0.25, 0.3) is 0 Å². The fourth-order valence-corrected chi connectivity index (χ4v) is 0.879. The molecule has 15 heavy (non-hydrogen) atoms. The molecule has 0 aromatic heterocycles. The minimum atomic E-state index is -0.221. The smallest absolute Gasteiger partial charge is 0.309 e. The van der Waals surface area contributed by atoms with Crippen LogP contribution in [0.2, 0.25) is 0 Å². The highest BCUT2D eigenvalue weighted by atomic mass is 16.5. The number of rotatable bonds is 7. The second kappa shape index (κ2) is 10.7. The number of aliphatic hydroxyl groups excluding tert-OH is 1. The molecule has 0 atom stereocenters.